The van der Waals surface area contributed by atoms with E-state index in [0.29, 0.717) is 30.2 Å². The number of urea groups is 1. The minimum atomic E-state index is -0.420. The number of halogens is 1. The number of amides is 3. The van der Waals surface area contributed by atoms with Crippen LogP contribution in [0.1, 0.15) is 46.6 Å². The van der Waals surface area contributed by atoms with E-state index in [9.17, 15) is 14.0 Å². The second-order valence-electron chi connectivity index (χ2n) is 6.96. The third-order valence-corrected chi connectivity index (χ3v) is 6.00. The fourth-order valence-electron chi connectivity index (χ4n) is 3.62. The lowest BCUT2D eigenvalue weighted by molar-refractivity contribution is 0.0735. The average Bonchev–Trinajstić information content (AvgIpc) is 3.29. The van der Waals surface area contributed by atoms with E-state index in [1.165, 1.54) is 29.5 Å². The van der Waals surface area contributed by atoms with Crippen molar-refractivity contribution >= 4 is 28.4 Å². The Labute approximate surface area is 160 Å². The van der Waals surface area contributed by atoms with Gasteiger partial charge in [-0.3, -0.25) is 10.1 Å². The Hall–Kier alpha value is -2.48. The van der Waals surface area contributed by atoms with Gasteiger partial charge in [0.15, 0.2) is 5.13 Å². The van der Waals surface area contributed by atoms with Crippen molar-refractivity contribution in [3.05, 3.63) is 46.2 Å². The number of aromatic nitrogens is 1. The molecule has 2 heterocycles. The zero-order valence-electron chi connectivity index (χ0n) is 14.8. The van der Waals surface area contributed by atoms with Gasteiger partial charge in [-0.1, -0.05) is 30.2 Å². The van der Waals surface area contributed by atoms with Crippen LogP contribution in [0.15, 0.2) is 24.3 Å². The Morgan fingerprint density at radius 1 is 1.26 bits per heavy atom. The third-order valence-electron chi connectivity index (χ3n) is 5.00. The van der Waals surface area contributed by atoms with Crippen molar-refractivity contribution in [2.75, 3.05) is 11.9 Å². The Morgan fingerprint density at radius 3 is 2.85 bits per heavy atom. The number of carbonyl (C=O) groups is 2. The number of rotatable bonds is 3. The van der Waals surface area contributed by atoms with Gasteiger partial charge >= 0.3 is 6.03 Å². The Kier molecular flexibility index (Phi) is 5.07. The molecule has 1 aliphatic carbocycles. The van der Waals surface area contributed by atoms with Crippen LogP contribution in [0.5, 0.6) is 0 Å². The minimum Gasteiger partial charge on any atom is -0.335 e. The molecule has 2 aromatic rings. The van der Waals surface area contributed by atoms with Crippen LogP contribution in [-0.4, -0.2) is 34.4 Å². The Balaban J connectivity index is 1.40. The van der Waals surface area contributed by atoms with Gasteiger partial charge in [0, 0.05) is 29.4 Å². The molecule has 8 heteroatoms. The van der Waals surface area contributed by atoms with E-state index in [0.717, 1.165) is 36.3 Å². The number of nitrogens with zero attached hydrogens (tertiary/aromatic N) is 2. The minimum absolute atomic E-state index is 0.193. The predicted octanol–water partition coefficient (Wildman–Crippen LogP) is 3.54. The van der Waals surface area contributed by atoms with Gasteiger partial charge in [-0.15, -0.1) is 0 Å². The van der Waals surface area contributed by atoms with Crippen molar-refractivity contribution in [2.45, 2.75) is 44.7 Å². The van der Waals surface area contributed by atoms with E-state index in [4.69, 9.17) is 0 Å². The largest absolute Gasteiger partial charge is 0.335 e. The lowest BCUT2D eigenvalue weighted by Crippen LogP contribution is -2.36. The molecule has 0 radical (unpaired) electrons. The average molecular weight is 388 g/mol. The lowest BCUT2D eigenvalue weighted by atomic mass is 10.1. The summed E-state index contributed by atoms with van der Waals surface area (Å²) < 4.78 is 13.4. The van der Waals surface area contributed by atoms with Gasteiger partial charge in [-0.05, 0) is 31.0 Å². The van der Waals surface area contributed by atoms with Crippen molar-refractivity contribution in [1.29, 1.82) is 0 Å². The van der Waals surface area contributed by atoms with Gasteiger partial charge in [0.2, 0.25) is 0 Å². The maximum atomic E-state index is 13.4. The molecule has 0 unspecified atom stereocenters. The molecular formula is C19H21FN4O2S. The first-order chi connectivity index (χ1) is 13.1. The Morgan fingerprint density at radius 2 is 2.07 bits per heavy atom. The highest BCUT2D eigenvalue weighted by Crippen LogP contribution is 2.29. The van der Waals surface area contributed by atoms with Crippen molar-refractivity contribution < 1.29 is 14.0 Å². The summed E-state index contributed by atoms with van der Waals surface area (Å²) in [7, 11) is 0. The molecule has 1 aliphatic heterocycles. The van der Waals surface area contributed by atoms with E-state index >= 15 is 0 Å². The fourth-order valence-corrected chi connectivity index (χ4v) is 4.63. The second-order valence-corrected chi connectivity index (χ2v) is 8.04. The first kappa shape index (κ1) is 17.9. The molecule has 0 saturated heterocycles. The number of hydrogen-bond donors (Lipinski definition) is 2. The Bertz CT molecular complexity index is 863. The van der Waals surface area contributed by atoms with Gasteiger partial charge in [0.05, 0.1) is 12.2 Å². The molecule has 6 nitrogen and oxygen atoms in total. The maximum absolute atomic E-state index is 13.4. The van der Waals surface area contributed by atoms with Gasteiger partial charge in [-0.25, -0.2) is 14.2 Å². The number of benzene rings is 1. The quantitative estimate of drug-likeness (QED) is 0.845. The first-order valence-corrected chi connectivity index (χ1v) is 10.0. The molecule has 0 bridgehead atoms. The predicted molar refractivity (Wildman–Crippen MR) is 101 cm³/mol. The molecule has 2 aliphatic rings. The molecule has 1 saturated carbocycles. The first-order valence-electron chi connectivity index (χ1n) is 9.19. The van der Waals surface area contributed by atoms with Crippen LogP contribution >= 0.6 is 11.3 Å². The number of thiazole rings is 1. The lowest BCUT2D eigenvalue weighted by Gasteiger charge is -2.26. The maximum Gasteiger partial charge on any atom is 0.321 e. The molecule has 3 amide bonds. The van der Waals surface area contributed by atoms with Crippen LogP contribution in [0, 0.1) is 5.82 Å². The van der Waals surface area contributed by atoms with Crippen LogP contribution in [0.3, 0.4) is 0 Å². The zero-order chi connectivity index (χ0) is 18.8. The molecule has 2 N–H and O–H groups in total. The van der Waals surface area contributed by atoms with Gasteiger partial charge < -0.3 is 10.2 Å². The van der Waals surface area contributed by atoms with Crippen LogP contribution in [0.25, 0.3) is 0 Å². The molecule has 0 atom stereocenters. The highest BCUT2D eigenvalue weighted by molar-refractivity contribution is 7.15. The monoisotopic (exact) mass is 388 g/mol. The van der Waals surface area contributed by atoms with Crippen LogP contribution in [0.2, 0.25) is 0 Å². The molecule has 1 aromatic heterocycles. The van der Waals surface area contributed by atoms with Crippen molar-refractivity contribution in [3.8, 4) is 0 Å². The third kappa shape index (κ3) is 4.10. The van der Waals surface area contributed by atoms with Crippen LogP contribution in [-0.2, 0) is 13.0 Å². The van der Waals surface area contributed by atoms with Crippen LogP contribution in [0.4, 0.5) is 14.3 Å². The molecule has 0 spiro atoms. The second kappa shape index (κ2) is 7.64. The summed E-state index contributed by atoms with van der Waals surface area (Å²) in [6, 6.07) is 5.76. The topological polar surface area (TPSA) is 74.3 Å². The van der Waals surface area contributed by atoms with E-state index in [1.54, 1.807) is 11.0 Å². The summed E-state index contributed by atoms with van der Waals surface area (Å²) in [5, 5.41) is 6.34. The number of anilines is 1. The smallest absolute Gasteiger partial charge is 0.321 e. The van der Waals surface area contributed by atoms with Crippen molar-refractivity contribution in [1.82, 2.24) is 15.2 Å². The molecular weight excluding hydrogens is 367 g/mol. The molecule has 4 rings (SSSR count). The highest BCUT2D eigenvalue weighted by atomic mass is 32.1. The number of fused-ring (bicyclic) bond motifs is 1. The number of carbonyl (C=O) groups excluding carboxylic acids is 2. The summed E-state index contributed by atoms with van der Waals surface area (Å²) in [6.45, 7) is 0.952. The molecule has 1 aromatic carbocycles. The zero-order valence-corrected chi connectivity index (χ0v) is 15.7. The van der Waals surface area contributed by atoms with E-state index in [2.05, 4.69) is 15.6 Å². The SMILES string of the molecule is O=C(Nc1nc2c(s1)CN(C(=O)c1cccc(F)c1)CC2)NC1CCCC1. The van der Waals surface area contributed by atoms with Gasteiger partial charge in [0.1, 0.15) is 5.82 Å². The normalized spacial score (nSPS) is 16.9. The number of hydrogen-bond acceptors (Lipinski definition) is 4. The molecule has 142 valence electrons. The molecule has 1 fully saturated rings. The summed E-state index contributed by atoms with van der Waals surface area (Å²) in [5.41, 5.74) is 1.26. The van der Waals surface area contributed by atoms with Gasteiger partial charge in [-0.2, -0.15) is 0 Å². The van der Waals surface area contributed by atoms with Crippen molar-refractivity contribution in [3.63, 3.8) is 0 Å². The summed E-state index contributed by atoms with van der Waals surface area (Å²) >= 11 is 1.39. The molecule has 27 heavy (non-hydrogen) atoms. The summed E-state index contributed by atoms with van der Waals surface area (Å²) in [6.07, 6.45) is 4.99. The summed E-state index contributed by atoms with van der Waals surface area (Å²) in [5.74, 6) is -0.613. The van der Waals surface area contributed by atoms with E-state index in [1.807, 2.05) is 0 Å². The van der Waals surface area contributed by atoms with E-state index < -0.39 is 5.82 Å². The summed E-state index contributed by atoms with van der Waals surface area (Å²) in [4.78, 5) is 31.9. The van der Waals surface area contributed by atoms with Crippen LogP contribution < -0.4 is 10.6 Å². The van der Waals surface area contributed by atoms with Gasteiger partial charge in [0.25, 0.3) is 5.91 Å². The fraction of sp³-hybridized carbons (Fsp3) is 0.421. The highest BCUT2D eigenvalue weighted by Gasteiger charge is 2.26. The number of nitrogens with one attached hydrogen (secondary N) is 2. The van der Waals surface area contributed by atoms with E-state index in [-0.39, 0.29) is 18.0 Å². The van der Waals surface area contributed by atoms with Crippen molar-refractivity contribution in [2.24, 2.45) is 0 Å². The standard InChI is InChI=1S/C19H21FN4O2S/c20-13-5-3-4-12(10-13)17(25)24-9-8-15-16(11-24)27-19(22-15)23-18(26)21-14-6-1-2-7-14/h3-5,10,14H,1-2,6-9,11H2,(H2,21,22,23,26).